The second kappa shape index (κ2) is 5.22. The van der Waals surface area contributed by atoms with Crippen LogP contribution in [0.25, 0.3) is 22.5 Å². The van der Waals surface area contributed by atoms with E-state index < -0.39 is 5.82 Å². The van der Waals surface area contributed by atoms with Crippen molar-refractivity contribution in [1.29, 1.82) is 0 Å². The summed E-state index contributed by atoms with van der Waals surface area (Å²) in [6.07, 6.45) is 0. The smallest absolute Gasteiger partial charge is 0.178 e. The first-order valence-electron chi connectivity index (χ1n) is 6.34. The lowest BCUT2D eigenvalue weighted by molar-refractivity contribution is 0.436. The fraction of sp³-hybridized carbons (Fsp3) is 0.0625. The maximum Gasteiger partial charge on any atom is 0.178 e. The average Bonchev–Trinajstić information content (AvgIpc) is 2.81. The maximum atomic E-state index is 13.2. The van der Waals surface area contributed by atoms with Crippen molar-refractivity contribution < 1.29 is 8.91 Å². The number of aromatic nitrogens is 1. The Labute approximate surface area is 126 Å². The largest absolute Gasteiger partial charge is 0.380 e. The van der Waals surface area contributed by atoms with Gasteiger partial charge in [-0.1, -0.05) is 41.0 Å². The molecule has 3 aromatic rings. The lowest BCUT2D eigenvalue weighted by Gasteiger charge is -2.07. The quantitative estimate of drug-likeness (QED) is 0.747. The van der Waals surface area contributed by atoms with Gasteiger partial charge in [-0.15, -0.1) is 0 Å². The third-order valence-corrected chi connectivity index (χ3v) is 3.62. The van der Waals surface area contributed by atoms with Crippen LogP contribution in [0.4, 0.5) is 10.2 Å². The summed E-state index contributed by atoms with van der Waals surface area (Å²) in [5.41, 5.74) is 9.10. The minimum Gasteiger partial charge on any atom is -0.380 e. The molecule has 3 nitrogen and oxygen atoms in total. The molecule has 5 heteroatoms. The molecule has 1 heterocycles. The van der Waals surface area contributed by atoms with Gasteiger partial charge < -0.3 is 10.3 Å². The van der Waals surface area contributed by atoms with Crippen LogP contribution in [0.1, 0.15) is 5.56 Å². The van der Waals surface area contributed by atoms with Crippen LogP contribution in [0, 0.1) is 12.7 Å². The van der Waals surface area contributed by atoms with E-state index in [1.54, 1.807) is 6.07 Å². The van der Waals surface area contributed by atoms with E-state index in [1.807, 2.05) is 31.2 Å². The predicted molar refractivity (Wildman–Crippen MR) is 81.5 cm³/mol. The van der Waals surface area contributed by atoms with E-state index in [9.17, 15) is 4.39 Å². The number of nitrogens with zero attached hydrogens (tertiary/aromatic N) is 1. The van der Waals surface area contributed by atoms with Crippen LogP contribution >= 0.6 is 11.6 Å². The van der Waals surface area contributed by atoms with Crippen LogP contribution in [0.5, 0.6) is 0 Å². The Bertz CT molecular complexity index is 814. The van der Waals surface area contributed by atoms with Crippen LogP contribution in [-0.4, -0.2) is 5.16 Å². The van der Waals surface area contributed by atoms with Crippen molar-refractivity contribution >= 4 is 17.4 Å². The summed E-state index contributed by atoms with van der Waals surface area (Å²) in [6, 6.07) is 11.9. The second-order valence-electron chi connectivity index (χ2n) is 4.71. The molecule has 0 unspecified atom stereocenters. The lowest BCUT2D eigenvalue weighted by atomic mass is 9.98. The van der Waals surface area contributed by atoms with Crippen molar-refractivity contribution in [3.8, 4) is 22.5 Å². The van der Waals surface area contributed by atoms with E-state index in [4.69, 9.17) is 21.9 Å². The highest BCUT2D eigenvalue weighted by atomic mass is 35.5. The molecule has 0 saturated heterocycles. The average molecular weight is 303 g/mol. The normalized spacial score (nSPS) is 10.8. The molecule has 2 N–H and O–H groups in total. The molecular formula is C16H12ClFN2O. The standard InChI is InChI=1S/C16H12ClFN2O/c1-9-4-2-3-5-11(9)14-15(21-20-16(14)19)12-7-6-10(18)8-13(12)17/h2-8H,1H3,(H2,19,20). The molecule has 2 aromatic carbocycles. The Morgan fingerprint density at radius 3 is 2.62 bits per heavy atom. The Hall–Kier alpha value is -2.33. The number of halogens is 2. The van der Waals surface area contributed by atoms with Gasteiger partial charge in [0.05, 0.1) is 10.6 Å². The molecule has 106 valence electrons. The van der Waals surface area contributed by atoms with Crippen LogP contribution in [0.3, 0.4) is 0 Å². The zero-order valence-corrected chi connectivity index (χ0v) is 12.0. The van der Waals surface area contributed by atoms with Crippen LogP contribution in [-0.2, 0) is 0 Å². The number of hydrogen-bond acceptors (Lipinski definition) is 3. The van der Waals surface area contributed by atoms with Gasteiger partial charge in [0.2, 0.25) is 0 Å². The molecule has 0 bridgehead atoms. The zero-order valence-electron chi connectivity index (χ0n) is 11.2. The lowest BCUT2D eigenvalue weighted by Crippen LogP contribution is -1.91. The first kappa shape index (κ1) is 13.6. The molecule has 0 spiro atoms. The van der Waals surface area contributed by atoms with Gasteiger partial charge in [-0.25, -0.2) is 4.39 Å². The first-order valence-corrected chi connectivity index (χ1v) is 6.72. The molecule has 0 atom stereocenters. The molecule has 0 aliphatic carbocycles. The van der Waals surface area contributed by atoms with Crippen molar-refractivity contribution in [1.82, 2.24) is 5.16 Å². The molecule has 21 heavy (non-hydrogen) atoms. The summed E-state index contributed by atoms with van der Waals surface area (Å²) in [5.74, 6) is 0.306. The number of rotatable bonds is 2. The molecular weight excluding hydrogens is 291 g/mol. The minimum atomic E-state index is -0.409. The van der Waals surface area contributed by atoms with Crippen molar-refractivity contribution in [2.24, 2.45) is 0 Å². The highest BCUT2D eigenvalue weighted by molar-refractivity contribution is 6.33. The topological polar surface area (TPSA) is 52.0 Å². The van der Waals surface area contributed by atoms with E-state index in [1.165, 1.54) is 12.1 Å². The van der Waals surface area contributed by atoms with Gasteiger partial charge in [0, 0.05) is 5.56 Å². The number of nitrogen functional groups attached to an aromatic ring is 1. The summed E-state index contributed by atoms with van der Waals surface area (Å²) >= 11 is 6.10. The van der Waals surface area contributed by atoms with Crippen molar-refractivity contribution in [2.75, 3.05) is 5.73 Å². The third kappa shape index (κ3) is 2.38. The summed E-state index contributed by atoms with van der Waals surface area (Å²) < 4.78 is 18.5. The van der Waals surface area contributed by atoms with Gasteiger partial charge in [0.25, 0.3) is 0 Å². The van der Waals surface area contributed by atoms with E-state index in [0.717, 1.165) is 11.1 Å². The maximum absolute atomic E-state index is 13.2. The monoisotopic (exact) mass is 302 g/mol. The van der Waals surface area contributed by atoms with E-state index in [-0.39, 0.29) is 10.8 Å². The number of anilines is 1. The van der Waals surface area contributed by atoms with Gasteiger partial charge in [0.1, 0.15) is 5.82 Å². The summed E-state index contributed by atoms with van der Waals surface area (Å²) in [6.45, 7) is 1.97. The number of hydrogen-bond donors (Lipinski definition) is 1. The van der Waals surface area contributed by atoms with Gasteiger partial charge in [-0.2, -0.15) is 0 Å². The Morgan fingerprint density at radius 2 is 1.90 bits per heavy atom. The molecule has 0 radical (unpaired) electrons. The van der Waals surface area contributed by atoms with Gasteiger partial charge >= 0.3 is 0 Å². The summed E-state index contributed by atoms with van der Waals surface area (Å²) in [5, 5.41) is 4.08. The van der Waals surface area contributed by atoms with Crippen molar-refractivity contribution in [3.05, 3.63) is 58.9 Å². The van der Waals surface area contributed by atoms with Gasteiger partial charge in [-0.3, -0.25) is 0 Å². The Balaban J connectivity index is 2.25. The highest BCUT2D eigenvalue weighted by Gasteiger charge is 2.20. The summed E-state index contributed by atoms with van der Waals surface area (Å²) in [4.78, 5) is 0. The number of aryl methyl sites for hydroxylation is 1. The highest BCUT2D eigenvalue weighted by Crippen LogP contribution is 2.40. The van der Waals surface area contributed by atoms with Crippen LogP contribution in [0.2, 0.25) is 5.02 Å². The third-order valence-electron chi connectivity index (χ3n) is 3.31. The molecule has 0 fully saturated rings. The second-order valence-corrected chi connectivity index (χ2v) is 5.12. The van der Waals surface area contributed by atoms with Crippen molar-refractivity contribution in [3.63, 3.8) is 0 Å². The minimum absolute atomic E-state index is 0.251. The van der Waals surface area contributed by atoms with Crippen LogP contribution < -0.4 is 5.73 Å². The SMILES string of the molecule is Cc1ccccc1-c1c(N)noc1-c1ccc(F)cc1Cl. The molecule has 0 amide bonds. The predicted octanol–water partition coefficient (Wildman–Crippen LogP) is 4.69. The summed E-state index contributed by atoms with van der Waals surface area (Å²) in [7, 11) is 0. The van der Waals surface area contributed by atoms with E-state index in [0.29, 0.717) is 16.9 Å². The molecule has 0 saturated carbocycles. The molecule has 1 aromatic heterocycles. The molecule has 0 aliphatic rings. The zero-order chi connectivity index (χ0) is 15.0. The van der Waals surface area contributed by atoms with Gasteiger partial charge in [0.15, 0.2) is 11.6 Å². The number of benzene rings is 2. The van der Waals surface area contributed by atoms with Crippen LogP contribution in [0.15, 0.2) is 47.0 Å². The fourth-order valence-electron chi connectivity index (χ4n) is 2.27. The van der Waals surface area contributed by atoms with E-state index >= 15 is 0 Å². The van der Waals surface area contributed by atoms with Crippen molar-refractivity contribution in [2.45, 2.75) is 6.92 Å². The molecule has 0 aliphatic heterocycles. The first-order chi connectivity index (χ1) is 10.1. The van der Waals surface area contributed by atoms with Gasteiger partial charge in [-0.05, 0) is 36.2 Å². The Kier molecular flexibility index (Phi) is 3.39. The Morgan fingerprint density at radius 1 is 1.14 bits per heavy atom. The fourth-order valence-corrected chi connectivity index (χ4v) is 2.53. The number of nitrogens with two attached hydrogens (primary N) is 1. The van der Waals surface area contributed by atoms with E-state index in [2.05, 4.69) is 5.16 Å². The molecule has 3 rings (SSSR count).